The number of nitrogens with zero attached hydrogens (tertiary/aromatic N) is 3. The summed E-state index contributed by atoms with van der Waals surface area (Å²) in [5.74, 6) is 0.651. The molecular weight excluding hydrogens is 258 g/mol. The Morgan fingerprint density at radius 1 is 1.40 bits per heavy atom. The van der Waals surface area contributed by atoms with Crippen molar-refractivity contribution in [3.8, 4) is 17.3 Å². The lowest BCUT2D eigenvalue weighted by molar-refractivity contribution is -0.0203. The van der Waals surface area contributed by atoms with Gasteiger partial charge < -0.3 is 14.4 Å². The maximum absolute atomic E-state index is 9.75. The van der Waals surface area contributed by atoms with E-state index < -0.39 is 0 Å². The summed E-state index contributed by atoms with van der Waals surface area (Å²) >= 11 is 0. The molecule has 2 rings (SSSR count). The molecule has 108 valence electrons. The van der Waals surface area contributed by atoms with Gasteiger partial charge in [-0.05, 0) is 24.5 Å². The lowest BCUT2D eigenvalue weighted by atomic mass is 9.88. The third-order valence-corrected chi connectivity index (χ3v) is 2.79. The molecule has 2 heterocycles. The Morgan fingerprint density at radius 3 is 2.75 bits per heavy atom. The van der Waals surface area contributed by atoms with Crippen LogP contribution in [-0.4, -0.2) is 26.8 Å². The highest BCUT2D eigenvalue weighted by atomic mass is 16.5. The van der Waals surface area contributed by atoms with Crippen molar-refractivity contribution in [1.29, 1.82) is 0 Å². The smallest absolute Gasteiger partial charge is 0.280 e. The second kappa shape index (κ2) is 5.58. The van der Waals surface area contributed by atoms with Crippen LogP contribution in [0.2, 0.25) is 0 Å². The highest BCUT2D eigenvalue weighted by molar-refractivity contribution is 5.55. The van der Waals surface area contributed by atoms with Crippen LogP contribution >= 0.6 is 0 Å². The van der Waals surface area contributed by atoms with Gasteiger partial charge in [0, 0.05) is 12.8 Å². The zero-order chi connectivity index (χ0) is 14.8. The van der Waals surface area contributed by atoms with Crippen molar-refractivity contribution in [2.24, 2.45) is 5.41 Å². The average Bonchev–Trinajstić information content (AvgIpc) is 2.84. The fourth-order valence-corrected chi connectivity index (χ4v) is 1.88. The van der Waals surface area contributed by atoms with Gasteiger partial charge in [0.15, 0.2) is 5.69 Å². The van der Waals surface area contributed by atoms with Crippen LogP contribution in [0.5, 0.6) is 5.75 Å². The predicted molar refractivity (Wildman–Crippen MR) is 73.0 cm³/mol. The first-order valence-corrected chi connectivity index (χ1v) is 6.53. The first kappa shape index (κ1) is 14.5. The van der Waals surface area contributed by atoms with Crippen molar-refractivity contribution in [3.05, 3.63) is 24.2 Å². The molecule has 2 aromatic rings. The Labute approximate surface area is 117 Å². The molecule has 0 saturated carbocycles. The lowest BCUT2D eigenvalue weighted by Gasteiger charge is -2.27. The summed E-state index contributed by atoms with van der Waals surface area (Å²) in [7, 11) is 0. The van der Waals surface area contributed by atoms with Gasteiger partial charge in [0.25, 0.3) is 5.89 Å². The molecule has 6 heteroatoms. The van der Waals surface area contributed by atoms with E-state index in [1.165, 1.54) is 6.07 Å². The molecule has 0 aliphatic rings. The molecule has 0 bridgehead atoms. The Balaban J connectivity index is 2.35. The van der Waals surface area contributed by atoms with Gasteiger partial charge in [0.2, 0.25) is 5.82 Å². The summed E-state index contributed by atoms with van der Waals surface area (Å²) in [5.41, 5.74) is 0.110. The van der Waals surface area contributed by atoms with Crippen LogP contribution < -0.4 is 0 Å². The number of hydrogen-bond acceptors (Lipinski definition) is 6. The zero-order valence-electron chi connectivity index (χ0n) is 12.1. The van der Waals surface area contributed by atoms with Crippen LogP contribution in [-0.2, 0) is 4.74 Å². The van der Waals surface area contributed by atoms with Gasteiger partial charge in [-0.3, -0.25) is 0 Å². The predicted octanol–water partition coefficient (Wildman–Crippen LogP) is 2.96. The quantitative estimate of drug-likeness (QED) is 0.925. The van der Waals surface area contributed by atoms with Gasteiger partial charge in [-0.25, -0.2) is 4.98 Å². The fraction of sp³-hybridized carbons (Fsp3) is 0.500. The van der Waals surface area contributed by atoms with Crippen molar-refractivity contribution in [2.75, 3.05) is 6.61 Å². The summed E-state index contributed by atoms with van der Waals surface area (Å²) in [6.45, 7) is 8.61. The van der Waals surface area contributed by atoms with E-state index in [0.717, 1.165) is 0 Å². The number of rotatable bonds is 4. The first-order chi connectivity index (χ1) is 9.43. The molecule has 0 aliphatic heterocycles. The second-order valence-electron chi connectivity index (χ2n) is 5.53. The molecule has 0 fully saturated rings. The van der Waals surface area contributed by atoms with Crippen molar-refractivity contribution in [2.45, 2.75) is 33.8 Å². The molecule has 0 aliphatic carbocycles. The summed E-state index contributed by atoms with van der Waals surface area (Å²) in [6.07, 6.45) is 1.28. The lowest BCUT2D eigenvalue weighted by Crippen LogP contribution is -2.22. The molecule has 1 N–H and O–H groups in total. The molecule has 1 unspecified atom stereocenters. The standard InChI is InChI=1S/C14H19N3O3/c1-5-19-11(14(2,3)4)12-16-13(20-17-12)10-9(18)7-6-8-15-10/h6-8,11,18H,5H2,1-4H3. The van der Waals surface area contributed by atoms with E-state index in [2.05, 4.69) is 15.1 Å². The van der Waals surface area contributed by atoms with E-state index in [9.17, 15) is 5.11 Å². The number of aromatic nitrogens is 3. The summed E-state index contributed by atoms with van der Waals surface area (Å²) in [5, 5.41) is 13.7. The Morgan fingerprint density at radius 2 is 2.15 bits per heavy atom. The number of aromatic hydroxyl groups is 1. The zero-order valence-corrected chi connectivity index (χ0v) is 12.1. The molecule has 20 heavy (non-hydrogen) atoms. The Kier molecular flexibility index (Phi) is 4.04. The van der Waals surface area contributed by atoms with E-state index in [-0.39, 0.29) is 28.9 Å². The highest BCUT2D eigenvalue weighted by Crippen LogP contribution is 2.35. The van der Waals surface area contributed by atoms with Crippen LogP contribution in [0, 0.1) is 5.41 Å². The highest BCUT2D eigenvalue weighted by Gasteiger charge is 2.31. The van der Waals surface area contributed by atoms with E-state index in [0.29, 0.717) is 12.4 Å². The molecule has 0 radical (unpaired) electrons. The molecule has 0 amide bonds. The molecule has 0 spiro atoms. The van der Waals surface area contributed by atoms with Crippen LogP contribution in [0.1, 0.15) is 39.6 Å². The third kappa shape index (κ3) is 2.96. The second-order valence-corrected chi connectivity index (χ2v) is 5.53. The largest absolute Gasteiger partial charge is 0.505 e. The minimum Gasteiger partial charge on any atom is -0.505 e. The Hall–Kier alpha value is -1.95. The van der Waals surface area contributed by atoms with Crippen molar-refractivity contribution < 1.29 is 14.4 Å². The molecule has 6 nitrogen and oxygen atoms in total. The van der Waals surface area contributed by atoms with E-state index >= 15 is 0 Å². The first-order valence-electron chi connectivity index (χ1n) is 6.53. The van der Waals surface area contributed by atoms with E-state index in [1.807, 2.05) is 27.7 Å². The maximum atomic E-state index is 9.75. The molecular formula is C14H19N3O3. The SMILES string of the molecule is CCOC(c1noc(-c2ncccc2O)n1)C(C)(C)C. The molecule has 2 aromatic heterocycles. The van der Waals surface area contributed by atoms with Gasteiger partial charge in [0.05, 0.1) is 0 Å². The fourth-order valence-electron chi connectivity index (χ4n) is 1.88. The van der Waals surface area contributed by atoms with Crippen LogP contribution in [0.3, 0.4) is 0 Å². The van der Waals surface area contributed by atoms with E-state index in [1.54, 1.807) is 12.3 Å². The van der Waals surface area contributed by atoms with Gasteiger partial charge in [0.1, 0.15) is 11.9 Å². The number of ether oxygens (including phenoxy) is 1. The summed E-state index contributed by atoms with van der Waals surface area (Å²) < 4.78 is 10.9. The summed E-state index contributed by atoms with van der Waals surface area (Å²) in [6, 6.07) is 3.16. The Bertz CT molecular complexity index is 575. The molecule has 0 aromatic carbocycles. The average molecular weight is 277 g/mol. The summed E-state index contributed by atoms with van der Waals surface area (Å²) in [4.78, 5) is 8.34. The molecule has 1 atom stereocenters. The van der Waals surface area contributed by atoms with Crippen molar-refractivity contribution in [1.82, 2.24) is 15.1 Å². The monoisotopic (exact) mass is 277 g/mol. The minimum absolute atomic E-state index is 0.00594. The van der Waals surface area contributed by atoms with Crippen LogP contribution in [0.15, 0.2) is 22.9 Å². The topological polar surface area (TPSA) is 81.3 Å². The van der Waals surface area contributed by atoms with Gasteiger partial charge in [-0.2, -0.15) is 4.98 Å². The van der Waals surface area contributed by atoms with Crippen LogP contribution in [0.4, 0.5) is 0 Å². The van der Waals surface area contributed by atoms with Gasteiger partial charge in [-0.1, -0.05) is 25.9 Å². The van der Waals surface area contributed by atoms with Crippen molar-refractivity contribution >= 4 is 0 Å². The van der Waals surface area contributed by atoms with Gasteiger partial charge >= 0.3 is 0 Å². The van der Waals surface area contributed by atoms with E-state index in [4.69, 9.17) is 9.26 Å². The third-order valence-electron chi connectivity index (χ3n) is 2.79. The maximum Gasteiger partial charge on any atom is 0.280 e. The van der Waals surface area contributed by atoms with Gasteiger partial charge in [-0.15, -0.1) is 0 Å². The normalized spacial score (nSPS) is 13.4. The number of pyridine rings is 1. The minimum atomic E-state index is -0.282. The van der Waals surface area contributed by atoms with Crippen LogP contribution in [0.25, 0.3) is 11.6 Å². The van der Waals surface area contributed by atoms with Crippen molar-refractivity contribution in [3.63, 3.8) is 0 Å². The molecule has 0 saturated heterocycles. The number of hydrogen-bond donors (Lipinski definition) is 1.